The molecular weight excluding hydrogens is 262 g/mol. The van der Waals surface area contributed by atoms with Gasteiger partial charge in [0, 0.05) is 19.5 Å². The highest BCUT2D eigenvalue weighted by Gasteiger charge is 2.14. The number of hydrogen-bond donors (Lipinski definition) is 3. The zero-order valence-corrected chi connectivity index (χ0v) is 12.0. The van der Waals surface area contributed by atoms with Crippen LogP contribution in [0.4, 0.5) is 16.2 Å². The molecule has 7 heteroatoms. The molecule has 3 N–H and O–H groups in total. The van der Waals surface area contributed by atoms with Crippen LogP contribution >= 0.6 is 0 Å². The van der Waals surface area contributed by atoms with Crippen LogP contribution in [-0.4, -0.2) is 32.7 Å². The maximum absolute atomic E-state index is 11.6. The molecule has 0 saturated heterocycles. The summed E-state index contributed by atoms with van der Waals surface area (Å²) in [5.41, 5.74) is 0.885. The lowest BCUT2D eigenvalue weighted by molar-refractivity contribution is -0.114. The molecule has 1 rings (SSSR count). The van der Waals surface area contributed by atoms with E-state index < -0.39 is 0 Å². The molecule has 0 spiro atoms. The lowest BCUT2D eigenvalue weighted by Crippen LogP contribution is -2.28. The maximum atomic E-state index is 11.6. The van der Waals surface area contributed by atoms with Crippen molar-refractivity contribution in [1.29, 1.82) is 0 Å². The van der Waals surface area contributed by atoms with Crippen LogP contribution in [-0.2, 0) is 4.79 Å². The fourth-order valence-electron chi connectivity index (χ4n) is 1.61. The molecule has 0 fully saturated rings. The van der Waals surface area contributed by atoms with Gasteiger partial charge in [-0.05, 0) is 13.0 Å². The third-order valence-electron chi connectivity index (χ3n) is 2.42. The van der Waals surface area contributed by atoms with Gasteiger partial charge in [0.25, 0.3) is 0 Å². The van der Waals surface area contributed by atoms with Gasteiger partial charge in [-0.15, -0.1) is 0 Å². The van der Waals surface area contributed by atoms with Crippen LogP contribution in [0.2, 0.25) is 0 Å². The van der Waals surface area contributed by atoms with E-state index in [1.165, 1.54) is 21.1 Å². The summed E-state index contributed by atoms with van der Waals surface area (Å²) in [4.78, 5) is 22.7. The molecule has 0 aliphatic carbocycles. The third-order valence-corrected chi connectivity index (χ3v) is 2.42. The number of anilines is 2. The van der Waals surface area contributed by atoms with E-state index in [0.29, 0.717) is 29.4 Å². The van der Waals surface area contributed by atoms with E-state index in [4.69, 9.17) is 9.47 Å². The molecule has 0 radical (unpaired) electrons. The van der Waals surface area contributed by atoms with Crippen molar-refractivity contribution in [3.63, 3.8) is 0 Å². The Labute approximate surface area is 117 Å². The largest absolute Gasteiger partial charge is 0.494 e. The number of amides is 3. The molecular formula is C13H19N3O4. The van der Waals surface area contributed by atoms with E-state index in [9.17, 15) is 9.59 Å². The van der Waals surface area contributed by atoms with Crippen LogP contribution in [0.1, 0.15) is 13.8 Å². The Balaban J connectivity index is 3.13. The van der Waals surface area contributed by atoms with E-state index in [2.05, 4.69) is 16.0 Å². The van der Waals surface area contributed by atoms with Crippen LogP contribution in [0.3, 0.4) is 0 Å². The van der Waals surface area contributed by atoms with Gasteiger partial charge in [0.05, 0.1) is 25.6 Å². The molecule has 7 nitrogen and oxygen atoms in total. The molecule has 3 amide bonds. The molecule has 20 heavy (non-hydrogen) atoms. The summed E-state index contributed by atoms with van der Waals surface area (Å²) in [6.45, 7) is 3.71. The van der Waals surface area contributed by atoms with Gasteiger partial charge in [-0.2, -0.15) is 0 Å². The topological polar surface area (TPSA) is 88.7 Å². The minimum Gasteiger partial charge on any atom is -0.494 e. The van der Waals surface area contributed by atoms with E-state index in [-0.39, 0.29) is 11.9 Å². The molecule has 0 heterocycles. The Morgan fingerprint density at radius 3 is 2.05 bits per heavy atom. The summed E-state index contributed by atoms with van der Waals surface area (Å²) in [5, 5.41) is 7.89. The number of benzene rings is 1. The standard InChI is InChI=1S/C13H19N3O4/c1-5-14-13(18)16-10-6-9(15-8(2)17)11(19-3)7-12(10)20-4/h6-7H,5H2,1-4H3,(H,15,17)(H2,14,16,18). The van der Waals surface area contributed by atoms with Crippen LogP contribution in [0.25, 0.3) is 0 Å². The second-order valence-corrected chi connectivity index (χ2v) is 3.92. The van der Waals surface area contributed by atoms with E-state index in [1.807, 2.05) is 6.92 Å². The molecule has 0 bridgehead atoms. The summed E-state index contributed by atoms with van der Waals surface area (Å²) in [6, 6.07) is 2.81. The van der Waals surface area contributed by atoms with E-state index in [1.54, 1.807) is 12.1 Å². The summed E-state index contributed by atoms with van der Waals surface area (Å²) in [5.74, 6) is 0.637. The molecule has 1 aromatic carbocycles. The quantitative estimate of drug-likeness (QED) is 0.768. The molecule has 1 aromatic rings. The summed E-state index contributed by atoms with van der Waals surface area (Å²) in [7, 11) is 2.97. The van der Waals surface area contributed by atoms with Crippen molar-refractivity contribution >= 4 is 23.3 Å². The minimum atomic E-state index is -0.357. The Morgan fingerprint density at radius 1 is 1.05 bits per heavy atom. The monoisotopic (exact) mass is 281 g/mol. The SMILES string of the molecule is CCNC(=O)Nc1cc(NC(C)=O)c(OC)cc1OC. The first kappa shape index (κ1) is 15.6. The van der Waals surface area contributed by atoms with Gasteiger partial charge in [-0.1, -0.05) is 0 Å². The van der Waals surface area contributed by atoms with Crippen LogP contribution in [0, 0.1) is 0 Å². The fourth-order valence-corrected chi connectivity index (χ4v) is 1.61. The predicted octanol–water partition coefficient (Wildman–Crippen LogP) is 1.80. The Bertz CT molecular complexity index is 503. The summed E-state index contributed by atoms with van der Waals surface area (Å²) < 4.78 is 10.4. The smallest absolute Gasteiger partial charge is 0.319 e. The molecule has 0 aliphatic heterocycles. The molecule has 0 aromatic heterocycles. The lowest BCUT2D eigenvalue weighted by Gasteiger charge is -2.15. The first-order chi connectivity index (χ1) is 9.51. The Kier molecular flexibility index (Phi) is 5.64. The van der Waals surface area contributed by atoms with Gasteiger partial charge in [-0.25, -0.2) is 4.79 Å². The number of rotatable bonds is 5. The summed E-state index contributed by atoms with van der Waals surface area (Å²) >= 11 is 0. The molecule has 0 unspecified atom stereocenters. The second-order valence-electron chi connectivity index (χ2n) is 3.92. The molecule has 0 aliphatic rings. The fraction of sp³-hybridized carbons (Fsp3) is 0.385. The Morgan fingerprint density at radius 2 is 1.60 bits per heavy atom. The number of hydrogen-bond acceptors (Lipinski definition) is 4. The summed E-state index contributed by atoms with van der Waals surface area (Å²) in [6.07, 6.45) is 0. The van der Waals surface area contributed by atoms with E-state index in [0.717, 1.165) is 0 Å². The van der Waals surface area contributed by atoms with Crippen LogP contribution < -0.4 is 25.4 Å². The number of ether oxygens (including phenoxy) is 2. The minimum absolute atomic E-state index is 0.238. The zero-order valence-electron chi connectivity index (χ0n) is 12.0. The van der Waals surface area contributed by atoms with Gasteiger partial charge in [0.1, 0.15) is 11.5 Å². The van der Waals surface area contributed by atoms with E-state index >= 15 is 0 Å². The van der Waals surface area contributed by atoms with Crippen molar-refractivity contribution in [2.45, 2.75) is 13.8 Å². The molecule has 0 atom stereocenters. The highest BCUT2D eigenvalue weighted by atomic mass is 16.5. The van der Waals surface area contributed by atoms with Crippen LogP contribution in [0.15, 0.2) is 12.1 Å². The van der Waals surface area contributed by atoms with Gasteiger partial charge in [0.15, 0.2) is 0 Å². The Hall–Kier alpha value is -2.44. The predicted molar refractivity (Wildman–Crippen MR) is 76.5 cm³/mol. The van der Waals surface area contributed by atoms with Crippen LogP contribution in [0.5, 0.6) is 11.5 Å². The number of carbonyl (C=O) groups is 2. The first-order valence-electron chi connectivity index (χ1n) is 6.10. The number of carbonyl (C=O) groups excluding carboxylic acids is 2. The van der Waals surface area contributed by atoms with Gasteiger partial charge < -0.3 is 25.4 Å². The average Bonchev–Trinajstić information content (AvgIpc) is 2.38. The molecule has 110 valence electrons. The van der Waals surface area contributed by atoms with Crippen molar-refractivity contribution in [2.24, 2.45) is 0 Å². The van der Waals surface area contributed by atoms with Gasteiger partial charge in [0.2, 0.25) is 5.91 Å². The van der Waals surface area contributed by atoms with Crippen molar-refractivity contribution in [3.05, 3.63) is 12.1 Å². The third kappa shape index (κ3) is 4.04. The van der Waals surface area contributed by atoms with Crippen molar-refractivity contribution < 1.29 is 19.1 Å². The van der Waals surface area contributed by atoms with Crippen molar-refractivity contribution in [2.75, 3.05) is 31.4 Å². The second kappa shape index (κ2) is 7.22. The number of nitrogens with one attached hydrogen (secondary N) is 3. The average molecular weight is 281 g/mol. The van der Waals surface area contributed by atoms with Gasteiger partial charge in [-0.3, -0.25) is 4.79 Å². The van der Waals surface area contributed by atoms with Crippen molar-refractivity contribution in [1.82, 2.24) is 5.32 Å². The number of urea groups is 1. The number of methoxy groups -OCH3 is 2. The molecule has 0 saturated carbocycles. The van der Waals surface area contributed by atoms with Gasteiger partial charge >= 0.3 is 6.03 Å². The maximum Gasteiger partial charge on any atom is 0.319 e. The zero-order chi connectivity index (χ0) is 15.1. The first-order valence-corrected chi connectivity index (χ1v) is 6.10. The highest BCUT2D eigenvalue weighted by molar-refractivity contribution is 5.95. The highest BCUT2D eigenvalue weighted by Crippen LogP contribution is 2.36. The van der Waals surface area contributed by atoms with Crippen molar-refractivity contribution in [3.8, 4) is 11.5 Å². The lowest BCUT2D eigenvalue weighted by atomic mass is 10.2. The normalized spacial score (nSPS) is 9.60.